The number of fused-ring (bicyclic) bond motifs is 1. The minimum atomic E-state index is 0.0638. The van der Waals surface area contributed by atoms with Gasteiger partial charge in [-0.15, -0.1) is 11.6 Å². The number of aryl methyl sites for hydroxylation is 1. The fourth-order valence-corrected chi connectivity index (χ4v) is 3.38. The maximum absolute atomic E-state index is 12.6. The standard InChI is InChI=1S/C16H22ClN3O/c17-8-11-19-14-6-2-3-7-15(14)20(16(19)21)13-12-18-9-4-1-5-10-18/h2-3,6-7H,1,4-5,8-13H2. The first kappa shape index (κ1) is 14.7. The number of piperidine rings is 1. The van der Waals surface area contributed by atoms with Crippen LogP contribution in [-0.2, 0) is 13.1 Å². The number of aromatic nitrogens is 2. The monoisotopic (exact) mass is 307 g/mol. The van der Waals surface area contributed by atoms with Crippen LogP contribution >= 0.6 is 11.6 Å². The zero-order chi connectivity index (χ0) is 14.7. The Bertz CT molecular complexity index is 655. The normalized spacial score (nSPS) is 16.6. The van der Waals surface area contributed by atoms with Gasteiger partial charge in [-0.05, 0) is 38.1 Å². The molecule has 0 N–H and O–H groups in total. The molecule has 1 aromatic heterocycles. The molecule has 0 bridgehead atoms. The zero-order valence-electron chi connectivity index (χ0n) is 12.3. The van der Waals surface area contributed by atoms with Gasteiger partial charge in [-0.3, -0.25) is 9.13 Å². The Morgan fingerprint density at radius 3 is 2.14 bits per heavy atom. The smallest absolute Gasteiger partial charge is 0.302 e. The number of benzene rings is 1. The molecule has 1 aromatic carbocycles. The summed E-state index contributed by atoms with van der Waals surface area (Å²) < 4.78 is 3.69. The molecule has 0 unspecified atom stereocenters. The number of imidazole rings is 1. The van der Waals surface area contributed by atoms with Gasteiger partial charge in [0, 0.05) is 25.5 Å². The molecule has 1 aliphatic heterocycles. The molecule has 0 atom stereocenters. The zero-order valence-corrected chi connectivity index (χ0v) is 13.1. The number of likely N-dealkylation sites (tertiary alicyclic amines) is 1. The van der Waals surface area contributed by atoms with E-state index in [-0.39, 0.29) is 5.69 Å². The van der Waals surface area contributed by atoms with Gasteiger partial charge in [0.25, 0.3) is 0 Å². The van der Waals surface area contributed by atoms with Gasteiger partial charge in [-0.25, -0.2) is 4.79 Å². The highest BCUT2D eigenvalue weighted by atomic mass is 35.5. The third-order valence-corrected chi connectivity index (χ3v) is 4.49. The number of nitrogens with zero attached hydrogens (tertiary/aromatic N) is 3. The quantitative estimate of drug-likeness (QED) is 0.795. The maximum Gasteiger partial charge on any atom is 0.329 e. The van der Waals surface area contributed by atoms with E-state index in [4.69, 9.17) is 11.6 Å². The Morgan fingerprint density at radius 2 is 1.52 bits per heavy atom. The van der Waals surface area contributed by atoms with E-state index in [1.165, 1.54) is 19.3 Å². The highest BCUT2D eigenvalue weighted by molar-refractivity contribution is 6.17. The van der Waals surface area contributed by atoms with Gasteiger partial charge < -0.3 is 4.90 Å². The van der Waals surface area contributed by atoms with Crippen LogP contribution in [-0.4, -0.2) is 39.5 Å². The van der Waals surface area contributed by atoms with Crippen molar-refractivity contribution in [1.82, 2.24) is 14.0 Å². The molecule has 0 spiro atoms. The number of halogens is 1. The van der Waals surface area contributed by atoms with E-state index in [0.29, 0.717) is 12.4 Å². The van der Waals surface area contributed by atoms with Gasteiger partial charge in [-0.2, -0.15) is 0 Å². The van der Waals surface area contributed by atoms with Crippen LogP contribution in [0.4, 0.5) is 0 Å². The maximum atomic E-state index is 12.6. The highest BCUT2D eigenvalue weighted by Crippen LogP contribution is 2.14. The Hall–Kier alpha value is -1.26. The predicted octanol–water partition coefficient (Wildman–Crippen LogP) is 2.53. The highest BCUT2D eigenvalue weighted by Gasteiger charge is 2.14. The van der Waals surface area contributed by atoms with E-state index < -0.39 is 0 Å². The molecule has 2 heterocycles. The van der Waals surface area contributed by atoms with Gasteiger partial charge in [0.15, 0.2) is 0 Å². The van der Waals surface area contributed by atoms with Crippen LogP contribution in [0, 0.1) is 0 Å². The molecule has 3 rings (SSSR count). The number of rotatable bonds is 5. The van der Waals surface area contributed by atoms with Crippen molar-refractivity contribution in [2.75, 3.05) is 25.5 Å². The molecule has 114 valence electrons. The van der Waals surface area contributed by atoms with Crippen LogP contribution < -0.4 is 5.69 Å². The van der Waals surface area contributed by atoms with E-state index in [1.54, 1.807) is 4.57 Å². The second-order valence-electron chi connectivity index (χ2n) is 5.67. The second-order valence-corrected chi connectivity index (χ2v) is 6.04. The topological polar surface area (TPSA) is 30.2 Å². The Kier molecular flexibility index (Phi) is 4.66. The molecule has 1 saturated heterocycles. The fourth-order valence-electron chi connectivity index (χ4n) is 3.21. The van der Waals surface area contributed by atoms with Gasteiger partial charge in [0.1, 0.15) is 0 Å². The van der Waals surface area contributed by atoms with Gasteiger partial charge in [0.05, 0.1) is 11.0 Å². The fraction of sp³-hybridized carbons (Fsp3) is 0.562. The summed E-state index contributed by atoms with van der Waals surface area (Å²) in [5.74, 6) is 0.458. The SMILES string of the molecule is O=c1n(CCCl)c2ccccc2n1CCN1CCCCC1. The van der Waals surface area contributed by atoms with Crippen LogP contribution in [0.1, 0.15) is 19.3 Å². The first-order valence-electron chi connectivity index (χ1n) is 7.77. The molecule has 21 heavy (non-hydrogen) atoms. The lowest BCUT2D eigenvalue weighted by molar-refractivity contribution is 0.220. The van der Waals surface area contributed by atoms with Crippen LogP contribution in [0.15, 0.2) is 29.1 Å². The predicted molar refractivity (Wildman–Crippen MR) is 87.2 cm³/mol. The first-order valence-corrected chi connectivity index (χ1v) is 8.31. The summed E-state index contributed by atoms with van der Waals surface area (Å²) in [5.41, 5.74) is 2.07. The van der Waals surface area contributed by atoms with E-state index in [1.807, 2.05) is 28.8 Å². The molecule has 2 aromatic rings. The number of para-hydroxylation sites is 2. The third-order valence-electron chi connectivity index (χ3n) is 4.32. The van der Waals surface area contributed by atoms with E-state index >= 15 is 0 Å². The summed E-state index contributed by atoms with van der Waals surface area (Å²) in [7, 11) is 0. The summed E-state index contributed by atoms with van der Waals surface area (Å²) in [6.07, 6.45) is 3.90. The lowest BCUT2D eigenvalue weighted by atomic mass is 10.1. The van der Waals surface area contributed by atoms with Crippen molar-refractivity contribution in [2.24, 2.45) is 0 Å². The van der Waals surface area contributed by atoms with Crippen molar-refractivity contribution in [3.8, 4) is 0 Å². The largest absolute Gasteiger partial charge is 0.329 e. The summed E-state index contributed by atoms with van der Waals surface area (Å²) in [6, 6.07) is 7.99. The van der Waals surface area contributed by atoms with Crippen LogP contribution in [0.3, 0.4) is 0 Å². The summed E-state index contributed by atoms with van der Waals surface area (Å²) >= 11 is 5.84. The first-order chi connectivity index (χ1) is 10.3. The van der Waals surface area contributed by atoms with Crippen molar-refractivity contribution < 1.29 is 0 Å². The van der Waals surface area contributed by atoms with E-state index in [0.717, 1.165) is 37.2 Å². The second kappa shape index (κ2) is 6.67. The number of hydrogen-bond donors (Lipinski definition) is 0. The third kappa shape index (κ3) is 3.01. The van der Waals surface area contributed by atoms with Crippen LogP contribution in [0.2, 0.25) is 0 Å². The van der Waals surface area contributed by atoms with E-state index in [2.05, 4.69) is 4.90 Å². The van der Waals surface area contributed by atoms with Crippen molar-refractivity contribution in [2.45, 2.75) is 32.4 Å². The Balaban J connectivity index is 1.87. The average Bonchev–Trinajstić information content (AvgIpc) is 2.79. The van der Waals surface area contributed by atoms with E-state index in [9.17, 15) is 4.79 Å². The molecule has 1 aliphatic rings. The summed E-state index contributed by atoms with van der Waals surface area (Å²) in [4.78, 5) is 15.1. The minimum absolute atomic E-state index is 0.0638. The Labute approximate surface area is 129 Å². The van der Waals surface area contributed by atoms with Gasteiger partial charge >= 0.3 is 5.69 Å². The van der Waals surface area contributed by atoms with Gasteiger partial charge in [0.2, 0.25) is 0 Å². The van der Waals surface area contributed by atoms with Crippen molar-refractivity contribution in [3.63, 3.8) is 0 Å². The van der Waals surface area contributed by atoms with Crippen molar-refractivity contribution in [3.05, 3.63) is 34.7 Å². The van der Waals surface area contributed by atoms with Crippen LogP contribution in [0.25, 0.3) is 11.0 Å². The molecular formula is C16H22ClN3O. The van der Waals surface area contributed by atoms with Crippen molar-refractivity contribution >= 4 is 22.6 Å². The summed E-state index contributed by atoms with van der Waals surface area (Å²) in [6.45, 7) is 4.60. The lowest BCUT2D eigenvalue weighted by Gasteiger charge is -2.26. The molecular weight excluding hydrogens is 286 g/mol. The minimum Gasteiger partial charge on any atom is -0.302 e. The molecule has 0 saturated carbocycles. The molecule has 5 heteroatoms. The van der Waals surface area contributed by atoms with Gasteiger partial charge in [-0.1, -0.05) is 18.6 Å². The molecule has 4 nitrogen and oxygen atoms in total. The molecule has 0 radical (unpaired) electrons. The molecule has 1 fully saturated rings. The summed E-state index contributed by atoms with van der Waals surface area (Å²) in [5, 5.41) is 0. The number of alkyl halides is 1. The lowest BCUT2D eigenvalue weighted by Crippen LogP contribution is -2.35. The number of hydrogen-bond acceptors (Lipinski definition) is 2. The average molecular weight is 308 g/mol. The molecule has 0 amide bonds. The Morgan fingerprint density at radius 1 is 0.905 bits per heavy atom. The van der Waals surface area contributed by atoms with Crippen molar-refractivity contribution in [1.29, 1.82) is 0 Å². The van der Waals surface area contributed by atoms with Crippen LogP contribution in [0.5, 0.6) is 0 Å². The molecule has 0 aliphatic carbocycles.